The van der Waals surface area contributed by atoms with E-state index in [0.717, 1.165) is 17.4 Å². The zero-order valence-electron chi connectivity index (χ0n) is 12.1. The van der Waals surface area contributed by atoms with Crippen LogP contribution in [0.1, 0.15) is 25.2 Å². The fraction of sp³-hybridized carbons (Fsp3) is 0.769. The van der Waals surface area contributed by atoms with E-state index in [4.69, 9.17) is 5.84 Å². The molecule has 0 aromatic carbocycles. The van der Waals surface area contributed by atoms with Crippen molar-refractivity contribution >= 4 is 23.5 Å². The second kappa shape index (κ2) is 6.52. The first-order valence-electron chi connectivity index (χ1n) is 6.74. The molecule has 1 aliphatic heterocycles. The maximum absolute atomic E-state index is 5.79. The van der Waals surface area contributed by atoms with E-state index in [1.165, 1.54) is 11.4 Å². The smallest absolute Gasteiger partial charge is 0.0596 e. The summed E-state index contributed by atoms with van der Waals surface area (Å²) in [4.78, 5) is 0. The highest BCUT2D eigenvalue weighted by Crippen LogP contribution is 2.37. The quantitative estimate of drug-likeness (QED) is 0.655. The van der Waals surface area contributed by atoms with Crippen molar-refractivity contribution in [2.24, 2.45) is 12.9 Å². The van der Waals surface area contributed by atoms with Crippen molar-refractivity contribution in [3.63, 3.8) is 0 Å². The molecule has 0 spiro atoms. The van der Waals surface area contributed by atoms with Gasteiger partial charge < -0.3 is 0 Å². The summed E-state index contributed by atoms with van der Waals surface area (Å²) in [7, 11) is 2.00. The molecule has 1 saturated heterocycles. The van der Waals surface area contributed by atoms with E-state index < -0.39 is 0 Å². The number of nitrogens with two attached hydrogens (primary N) is 1. The summed E-state index contributed by atoms with van der Waals surface area (Å²) < 4.78 is 1.96. The van der Waals surface area contributed by atoms with E-state index in [9.17, 15) is 0 Å². The Balaban J connectivity index is 2.02. The highest BCUT2D eigenvalue weighted by Gasteiger charge is 2.31. The van der Waals surface area contributed by atoms with Gasteiger partial charge in [-0.3, -0.25) is 16.0 Å². The first-order valence-corrected chi connectivity index (χ1v) is 8.73. The van der Waals surface area contributed by atoms with Crippen molar-refractivity contribution in [2.75, 3.05) is 5.75 Å². The van der Waals surface area contributed by atoms with E-state index in [0.29, 0.717) is 16.5 Å². The van der Waals surface area contributed by atoms with E-state index >= 15 is 0 Å². The molecule has 6 heteroatoms. The third-order valence-corrected chi connectivity index (χ3v) is 7.32. The van der Waals surface area contributed by atoms with Gasteiger partial charge in [-0.05, 0) is 13.0 Å². The summed E-state index contributed by atoms with van der Waals surface area (Å²) in [6, 6.07) is 2.46. The number of nitrogens with zero attached hydrogens (tertiary/aromatic N) is 2. The Hall–Kier alpha value is -0.170. The molecule has 2 rings (SSSR count). The molecule has 19 heavy (non-hydrogen) atoms. The normalized spacial score (nSPS) is 29.4. The summed E-state index contributed by atoms with van der Waals surface area (Å²) >= 11 is 4.13. The molecule has 3 N–H and O–H groups in total. The van der Waals surface area contributed by atoms with Gasteiger partial charge in [0.15, 0.2) is 0 Å². The number of thioether (sulfide) groups is 2. The average molecular weight is 300 g/mol. The average Bonchev–Trinajstić information content (AvgIpc) is 2.68. The molecule has 1 aliphatic rings. The van der Waals surface area contributed by atoms with Crippen LogP contribution in [0, 0.1) is 6.92 Å². The Labute approximate surface area is 124 Å². The topological polar surface area (TPSA) is 55.9 Å². The number of hydrazine groups is 1. The van der Waals surface area contributed by atoms with Crippen LogP contribution in [0.2, 0.25) is 0 Å². The molecular formula is C13H24N4S2. The molecule has 1 aromatic rings. The van der Waals surface area contributed by atoms with Crippen LogP contribution in [0.4, 0.5) is 0 Å². The highest BCUT2D eigenvalue weighted by molar-refractivity contribution is 8.07. The van der Waals surface area contributed by atoms with Crippen molar-refractivity contribution in [2.45, 2.75) is 49.0 Å². The lowest BCUT2D eigenvalue weighted by Gasteiger charge is -2.35. The van der Waals surface area contributed by atoms with Gasteiger partial charge in [0.05, 0.1) is 5.69 Å². The minimum Gasteiger partial charge on any atom is -0.272 e. The molecule has 108 valence electrons. The van der Waals surface area contributed by atoms with Crippen LogP contribution in [0.15, 0.2) is 6.07 Å². The Bertz CT molecular complexity index is 421. The standard InChI is InChI=1S/C13H24N4S2/c1-8-5-11(17(4)16-8)6-12(15-14)13-7-18-9(2)10(3)19-13/h5,9-10,12-13,15H,6-7,14H2,1-4H3. The van der Waals surface area contributed by atoms with Crippen LogP contribution in [0.3, 0.4) is 0 Å². The van der Waals surface area contributed by atoms with Crippen LogP contribution in [-0.4, -0.2) is 37.3 Å². The highest BCUT2D eigenvalue weighted by atomic mass is 32.2. The van der Waals surface area contributed by atoms with Crippen molar-refractivity contribution in [1.29, 1.82) is 0 Å². The van der Waals surface area contributed by atoms with Gasteiger partial charge >= 0.3 is 0 Å². The fourth-order valence-corrected chi connectivity index (χ4v) is 5.51. The third-order valence-electron chi connectivity index (χ3n) is 3.76. The summed E-state index contributed by atoms with van der Waals surface area (Å²) in [6.45, 7) is 6.66. The molecule has 4 unspecified atom stereocenters. The number of aryl methyl sites for hydroxylation is 2. The zero-order valence-corrected chi connectivity index (χ0v) is 13.7. The molecule has 4 atom stereocenters. The van der Waals surface area contributed by atoms with E-state index in [1.54, 1.807) is 0 Å². The van der Waals surface area contributed by atoms with Crippen LogP contribution >= 0.6 is 23.5 Å². The SMILES string of the molecule is Cc1cc(CC(NN)C2CSC(C)C(C)S2)n(C)n1. The first-order chi connectivity index (χ1) is 9.01. The van der Waals surface area contributed by atoms with Crippen molar-refractivity contribution in [3.05, 3.63) is 17.5 Å². The zero-order chi connectivity index (χ0) is 14.0. The van der Waals surface area contributed by atoms with Gasteiger partial charge in [-0.15, -0.1) is 0 Å². The lowest BCUT2D eigenvalue weighted by atomic mass is 10.1. The molecule has 0 amide bonds. The second-order valence-corrected chi connectivity index (χ2v) is 8.33. The predicted molar refractivity (Wildman–Crippen MR) is 85.5 cm³/mol. The summed E-state index contributed by atoms with van der Waals surface area (Å²) in [5.41, 5.74) is 5.33. The van der Waals surface area contributed by atoms with E-state index in [1.807, 2.05) is 18.7 Å². The maximum Gasteiger partial charge on any atom is 0.0596 e. The molecule has 2 heterocycles. The molecule has 0 saturated carbocycles. The van der Waals surface area contributed by atoms with Gasteiger partial charge in [0.1, 0.15) is 0 Å². The molecular weight excluding hydrogens is 276 g/mol. The predicted octanol–water partition coefficient (Wildman–Crippen LogP) is 1.73. The van der Waals surface area contributed by atoms with Crippen LogP contribution in [-0.2, 0) is 13.5 Å². The van der Waals surface area contributed by atoms with Crippen LogP contribution in [0.25, 0.3) is 0 Å². The lowest BCUT2D eigenvalue weighted by molar-refractivity contribution is 0.504. The van der Waals surface area contributed by atoms with Crippen molar-refractivity contribution in [1.82, 2.24) is 15.2 Å². The van der Waals surface area contributed by atoms with Crippen LogP contribution < -0.4 is 11.3 Å². The number of nitrogens with one attached hydrogen (secondary N) is 1. The van der Waals surface area contributed by atoms with Gasteiger partial charge in [0.2, 0.25) is 0 Å². The number of hydrogen-bond acceptors (Lipinski definition) is 5. The Kier molecular flexibility index (Phi) is 5.22. The number of hydrogen-bond donors (Lipinski definition) is 2. The maximum atomic E-state index is 5.79. The molecule has 1 aromatic heterocycles. The number of rotatable bonds is 4. The summed E-state index contributed by atoms with van der Waals surface area (Å²) in [5.74, 6) is 6.95. The van der Waals surface area contributed by atoms with Crippen molar-refractivity contribution < 1.29 is 0 Å². The second-order valence-electron chi connectivity index (χ2n) is 5.30. The van der Waals surface area contributed by atoms with Gasteiger partial charge in [0, 0.05) is 46.7 Å². The first kappa shape index (κ1) is 15.2. The lowest BCUT2D eigenvalue weighted by Crippen LogP contribution is -2.48. The van der Waals surface area contributed by atoms with E-state index in [2.05, 4.69) is 54.0 Å². The molecule has 0 radical (unpaired) electrons. The molecule has 1 fully saturated rings. The van der Waals surface area contributed by atoms with Gasteiger partial charge in [-0.2, -0.15) is 28.6 Å². The molecule has 0 aliphatic carbocycles. The van der Waals surface area contributed by atoms with Crippen LogP contribution in [0.5, 0.6) is 0 Å². The molecule has 4 nitrogen and oxygen atoms in total. The van der Waals surface area contributed by atoms with Gasteiger partial charge in [-0.1, -0.05) is 13.8 Å². The summed E-state index contributed by atoms with van der Waals surface area (Å²) in [5, 5.41) is 6.40. The Morgan fingerprint density at radius 1 is 1.53 bits per heavy atom. The Morgan fingerprint density at radius 3 is 2.79 bits per heavy atom. The minimum absolute atomic E-state index is 0.308. The van der Waals surface area contributed by atoms with Gasteiger partial charge in [0.25, 0.3) is 0 Å². The fourth-order valence-electron chi connectivity index (χ4n) is 2.40. The molecule has 0 bridgehead atoms. The Morgan fingerprint density at radius 2 is 2.26 bits per heavy atom. The largest absolute Gasteiger partial charge is 0.272 e. The van der Waals surface area contributed by atoms with E-state index in [-0.39, 0.29) is 0 Å². The minimum atomic E-state index is 0.308. The van der Waals surface area contributed by atoms with Crippen molar-refractivity contribution in [3.8, 4) is 0 Å². The number of aromatic nitrogens is 2. The monoisotopic (exact) mass is 300 g/mol. The van der Waals surface area contributed by atoms with Gasteiger partial charge in [-0.25, -0.2) is 0 Å². The summed E-state index contributed by atoms with van der Waals surface area (Å²) in [6.07, 6.45) is 0.938. The third kappa shape index (κ3) is 3.68.